The Morgan fingerprint density at radius 2 is 1.12 bits per heavy atom. The molecular weight excluding hydrogens is 679 g/mol. The lowest BCUT2D eigenvalue weighted by Gasteiger charge is -2.26. The van der Waals surface area contributed by atoms with Gasteiger partial charge < -0.3 is 9.32 Å². The molecule has 2 heteroatoms. The van der Waals surface area contributed by atoms with Crippen LogP contribution in [0.1, 0.15) is 17.8 Å². The highest BCUT2D eigenvalue weighted by atomic mass is 16.3. The zero-order valence-electron chi connectivity index (χ0n) is 42.6. The number of fused-ring (bicyclic) bond motifs is 7. The molecule has 10 aromatic carbocycles. The van der Waals surface area contributed by atoms with Crippen LogP contribution < -0.4 is 4.90 Å². The van der Waals surface area contributed by atoms with Crippen molar-refractivity contribution >= 4 is 71.3 Å². The van der Waals surface area contributed by atoms with Crippen LogP contribution in [-0.2, 0) is 0 Å². The molecule has 0 atom stereocenters. The summed E-state index contributed by atoms with van der Waals surface area (Å²) in [6, 6.07) is 34.9. The van der Waals surface area contributed by atoms with Gasteiger partial charge in [-0.15, -0.1) is 0 Å². The average Bonchev–Trinajstić information content (AvgIpc) is 3.77. The van der Waals surface area contributed by atoms with Crippen molar-refractivity contribution in [1.82, 2.24) is 0 Å². The molecule has 0 N–H and O–H groups in total. The SMILES string of the molecule is [2H]c1c([2H])c(N(c2ccc(-c3ccc4ccccc4c3)cc2)c2c([2H])c([2H])c([2H])c3oc4c5c([2H])c([2H])c([2H])c([2H])c5c([2H])c([2H])c4c23)c([2H])c([2H])c1-c1cccc(-c2cccc3ccccc23)c1. The fourth-order valence-corrected chi connectivity index (χ4v) is 7.54. The van der Waals surface area contributed by atoms with Crippen LogP contribution in [0.5, 0.6) is 0 Å². The summed E-state index contributed by atoms with van der Waals surface area (Å²) in [4.78, 5) is 1.30. The van der Waals surface area contributed by atoms with Crippen LogP contribution in [0.3, 0.4) is 0 Å². The minimum atomic E-state index is -0.643. The van der Waals surface area contributed by atoms with E-state index in [0.717, 1.165) is 43.8 Å². The molecule has 0 saturated heterocycles. The summed E-state index contributed by atoms with van der Waals surface area (Å²) in [5.41, 5.74) is 2.82. The molecule has 0 aliphatic heterocycles. The van der Waals surface area contributed by atoms with E-state index in [9.17, 15) is 8.22 Å². The smallest absolute Gasteiger partial charge is 0.143 e. The van der Waals surface area contributed by atoms with Gasteiger partial charge in [0.15, 0.2) is 0 Å². The lowest BCUT2D eigenvalue weighted by Crippen LogP contribution is -2.10. The number of rotatable bonds is 6. The normalized spacial score (nSPS) is 14.8. The molecule has 1 heterocycles. The standard InChI is InChI=1S/C54H35NO/c1-2-13-41-34-43(23-22-36(41)10-1)38-26-31-46(32-27-38)55(51-20-9-21-52-53(51)50-33-28-40-12-4-6-18-49(40)54(50)56-52)45-29-24-37(25-30-45)42-15-7-16-44(35-42)48-19-8-14-39-11-3-5-17-47(39)48/h1-35H/i4D,6D,9D,12D,18D,20D,21D,24D,25D,28D,29D,30D,33D. The summed E-state index contributed by atoms with van der Waals surface area (Å²) in [5, 5.41) is 3.20. The number of furan rings is 1. The van der Waals surface area contributed by atoms with Gasteiger partial charge in [-0.05, 0) is 115 Å². The van der Waals surface area contributed by atoms with Crippen LogP contribution in [-0.4, -0.2) is 0 Å². The molecule has 0 bridgehead atoms. The van der Waals surface area contributed by atoms with E-state index in [0.29, 0.717) is 5.56 Å². The average molecular weight is 727 g/mol. The molecule has 0 amide bonds. The van der Waals surface area contributed by atoms with E-state index in [1.54, 1.807) is 36.4 Å². The van der Waals surface area contributed by atoms with Crippen LogP contribution in [0, 0.1) is 0 Å². The van der Waals surface area contributed by atoms with Crippen molar-refractivity contribution < 1.29 is 22.2 Å². The third-order valence-electron chi connectivity index (χ3n) is 10.2. The van der Waals surface area contributed by atoms with Crippen molar-refractivity contribution in [1.29, 1.82) is 0 Å². The molecule has 11 aromatic rings. The van der Waals surface area contributed by atoms with Gasteiger partial charge in [-0.1, -0.05) is 158 Å². The first-order valence-electron chi connectivity index (χ1n) is 24.6. The topological polar surface area (TPSA) is 16.4 Å². The fraction of sp³-hybridized carbons (Fsp3) is 0. The van der Waals surface area contributed by atoms with Gasteiger partial charge in [0.05, 0.1) is 28.9 Å². The van der Waals surface area contributed by atoms with E-state index in [-0.39, 0.29) is 55.3 Å². The zero-order valence-corrected chi connectivity index (χ0v) is 29.6. The molecule has 0 aliphatic rings. The molecule has 56 heavy (non-hydrogen) atoms. The van der Waals surface area contributed by atoms with E-state index < -0.39 is 78.6 Å². The molecule has 0 unspecified atom stereocenters. The molecule has 0 saturated carbocycles. The van der Waals surface area contributed by atoms with Crippen LogP contribution in [0.25, 0.3) is 87.6 Å². The molecule has 1 aromatic heterocycles. The second-order valence-corrected chi connectivity index (χ2v) is 13.5. The van der Waals surface area contributed by atoms with Gasteiger partial charge in [0, 0.05) is 22.1 Å². The lowest BCUT2D eigenvalue weighted by molar-refractivity contribution is 0.672. The number of hydrogen-bond donors (Lipinski definition) is 0. The first-order chi connectivity index (χ1) is 33.2. The van der Waals surface area contributed by atoms with Gasteiger partial charge in [-0.2, -0.15) is 0 Å². The second-order valence-electron chi connectivity index (χ2n) is 13.5. The molecule has 0 radical (unpaired) electrons. The first-order valence-corrected chi connectivity index (χ1v) is 18.1. The third kappa shape index (κ3) is 5.42. The van der Waals surface area contributed by atoms with E-state index in [1.165, 1.54) is 4.90 Å². The van der Waals surface area contributed by atoms with Gasteiger partial charge >= 0.3 is 0 Å². The highest BCUT2D eigenvalue weighted by Crippen LogP contribution is 2.45. The van der Waals surface area contributed by atoms with Gasteiger partial charge in [0.2, 0.25) is 0 Å². The molecule has 262 valence electrons. The molecular formula is C54H35NO. The van der Waals surface area contributed by atoms with Crippen LogP contribution in [0.15, 0.2) is 216 Å². The van der Waals surface area contributed by atoms with Gasteiger partial charge in [0.1, 0.15) is 11.2 Å². The molecule has 2 nitrogen and oxygen atoms in total. The number of benzene rings is 10. The summed E-state index contributed by atoms with van der Waals surface area (Å²) >= 11 is 0. The summed E-state index contributed by atoms with van der Waals surface area (Å²) < 4.78 is 126. The van der Waals surface area contributed by atoms with Crippen molar-refractivity contribution in [3.63, 3.8) is 0 Å². The highest BCUT2D eigenvalue weighted by molar-refractivity contribution is 6.19. The quantitative estimate of drug-likeness (QED) is 0.170. The Labute approximate surface area is 343 Å². The molecule has 0 spiro atoms. The van der Waals surface area contributed by atoms with Crippen LogP contribution in [0.2, 0.25) is 0 Å². The van der Waals surface area contributed by atoms with Crippen LogP contribution in [0.4, 0.5) is 17.1 Å². The predicted octanol–water partition coefficient (Wildman–Crippen LogP) is 15.5. The molecule has 0 aliphatic carbocycles. The molecule has 11 rings (SSSR count). The van der Waals surface area contributed by atoms with Gasteiger partial charge in [-0.25, -0.2) is 0 Å². The minimum Gasteiger partial charge on any atom is -0.455 e. The van der Waals surface area contributed by atoms with E-state index >= 15 is 0 Å². The zero-order chi connectivity index (χ0) is 48.3. The largest absolute Gasteiger partial charge is 0.455 e. The maximum Gasteiger partial charge on any atom is 0.143 e. The van der Waals surface area contributed by atoms with Crippen molar-refractivity contribution in [3.8, 4) is 33.4 Å². The Balaban J connectivity index is 1.20. The second kappa shape index (κ2) is 13.2. The maximum atomic E-state index is 9.76. The van der Waals surface area contributed by atoms with Gasteiger partial charge in [-0.3, -0.25) is 0 Å². The summed E-state index contributed by atoms with van der Waals surface area (Å²) in [7, 11) is 0. The Kier molecular flexibility index (Phi) is 5.04. The van der Waals surface area contributed by atoms with Crippen molar-refractivity contribution in [2.24, 2.45) is 0 Å². The lowest BCUT2D eigenvalue weighted by atomic mass is 9.95. The summed E-state index contributed by atoms with van der Waals surface area (Å²) in [6.45, 7) is 0. The Bertz CT molecular complexity index is 3980. The first kappa shape index (κ1) is 21.5. The van der Waals surface area contributed by atoms with E-state index in [1.807, 2.05) is 97.1 Å². The number of anilines is 3. The molecule has 0 fully saturated rings. The monoisotopic (exact) mass is 726 g/mol. The fourth-order valence-electron chi connectivity index (χ4n) is 7.54. The van der Waals surface area contributed by atoms with E-state index in [2.05, 4.69) is 0 Å². The van der Waals surface area contributed by atoms with E-state index in [4.69, 9.17) is 14.0 Å². The predicted molar refractivity (Wildman–Crippen MR) is 237 cm³/mol. The van der Waals surface area contributed by atoms with Crippen LogP contribution >= 0.6 is 0 Å². The summed E-state index contributed by atoms with van der Waals surface area (Å²) in [5.74, 6) is 0. The van der Waals surface area contributed by atoms with Crippen molar-refractivity contribution in [2.45, 2.75) is 0 Å². The van der Waals surface area contributed by atoms with Crippen molar-refractivity contribution in [2.75, 3.05) is 4.90 Å². The Morgan fingerprint density at radius 3 is 2.02 bits per heavy atom. The van der Waals surface area contributed by atoms with Crippen molar-refractivity contribution in [3.05, 3.63) is 212 Å². The Morgan fingerprint density at radius 1 is 0.393 bits per heavy atom. The highest BCUT2D eigenvalue weighted by Gasteiger charge is 2.21. The number of hydrogen-bond acceptors (Lipinski definition) is 2. The Hall–Kier alpha value is -7.42. The third-order valence-corrected chi connectivity index (χ3v) is 10.2. The maximum absolute atomic E-state index is 9.76. The number of nitrogens with zero attached hydrogens (tertiary/aromatic N) is 1. The van der Waals surface area contributed by atoms with Gasteiger partial charge in [0.25, 0.3) is 0 Å². The minimum absolute atomic E-state index is 0.0167. The summed E-state index contributed by atoms with van der Waals surface area (Å²) in [6.07, 6.45) is 0.